The van der Waals surface area contributed by atoms with Crippen molar-refractivity contribution in [3.8, 4) is 17.1 Å². The molecule has 0 saturated carbocycles. The molecular formula is C14H15ClIN3O. The van der Waals surface area contributed by atoms with Crippen LogP contribution >= 0.6 is 34.2 Å². The Hall–Kier alpha value is -1.08. The Balaban J connectivity index is 2.35. The normalized spacial score (nSPS) is 10.4. The maximum atomic E-state index is 6.14. The van der Waals surface area contributed by atoms with E-state index in [9.17, 15) is 0 Å². The average molecular weight is 404 g/mol. The second-order valence-electron chi connectivity index (χ2n) is 4.17. The molecule has 2 aromatic rings. The van der Waals surface area contributed by atoms with Gasteiger partial charge in [-0.2, -0.15) is 0 Å². The summed E-state index contributed by atoms with van der Waals surface area (Å²) in [5.74, 6) is 2.14. The zero-order chi connectivity index (χ0) is 14.5. The third-order valence-corrected chi connectivity index (χ3v) is 3.78. The first-order chi connectivity index (χ1) is 9.65. The van der Waals surface area contributed by atoms with Crippen LogP contribution in [-0.4, -0.2) is 23.6 Å². The summed E-state index contributed by atoms with van der Waals surface area (Å²) in [6.45, 7) is 3.00. The number of rotatable bonds is 5. The number of ether oxygens (including phenoxy) is 1. The van der Waals surface area contributed by atoms with Gasteiger partial charge in [0.15, 0.2) is 5.82 Å². The number of nitrogens with zero attached hydrogens (tertiary/aromatic N) is 2. The monoisotopic (exact) mass is 403 g/mol. The molecule has 6 heteroatoms. The lowest BCUT2D eigenvalue weighted by Gasteiger charge is -2.09. The Morgan fingerprint density at radius 3 is 2.85 bits per heavy atom. The topological polar surface area (TPSA) is 47.0 Å². The van der Waals surface area contributed by atoms with Crippen molar-refractivity contribution in [1.82, 2.24) is 9.97 Å². The van der Waals surface area contributed by atoms with Crippen molar-refractivity contribution >= 4 is 40.0 Å². The van der Waals surface area contributed by atoms with Gasteiger partial charge in [-0.1, -0.05) is 18.5 Å². The minimum absolute atomic E-state index is 0.551. The van der Waals surface area contributed by atoms with Crippen molar-refractivity contribution in [2.45, 2.75) is 13.3 Å². The number of hydrogen-bond donors (Lipinski definition) is 1. The van der Waals surface area contributed by atoms with Crippen LogP contribution in [0.25, 0.3) is 11.4 Å². The van der Waals surface area contributed by atoms with Gasteiger partial charge in [0.1, 0.15) is 11.6 Å². The van der Waals surface area contributed by atoms with E-state index in [2.05, 4.69) is 44.8 Å². The Morgan fingerprint density at radius 2 is 2.20 bits per heavy atom. The van der Waals surface area contributed by atoms with Gasteiger partial charge in [-0.15, -0.1) is 0 Å². The van der Waals surface area contributed by atoms with Gasteiger partial charge in [0.2, 0.25) is 0 Å². The molecule has 4 nitrogen and oxygen atoms in total. The van der Waals surface area contributed by atoms with Crippen LogP contribution in [0.4, 0.5) is 5.82 Å². The second kappa shape index (κ2) is 7.08. The number of benzene rings is 1. The molecule has 0 atom stereocenters. The van der Waals surface area contributed by atoms with Gasteiger partial charge < -0.3 is 10.1 Å². The molecule has 0 saturated heterocycles. The van der Waals surface area contributed by atoms with E-state index >= 15 is 0 Å². The predicted octanol–water partition coefficient (Wildman–Crippen LogP) is 4.23. The van der Waals surface area contributed by atoms with Crippen LogP contribution in [-0.2, 0) is 0 Å². The van der Waals surface area contributed by atoms with Crippen LogP contribution in [0, 0.1) is 3.57 Å². The molecule has 0 unspecified atom stereocenters. The molecule has 1 heterocycles. The summed E-state index contributed by atoms with van der Waals surface area (Å²) in [5.41, 5.74) is 0.867. The zero-order valence-electron chi connectivity index (χ0n) is 11.3. The molecule has 0 bridgehead atoms. The van der Waals surface area contributed by atoms with Gasteiger partial charge in [-0.05, 0) is 47.2 Å². The molecular weight excluding hydrogens is 389 g/mol. The number of halogens is 2. The van der Waals surface area contributed by atoms with Crippen molar-refractivity contribution in [3.05, 3.63) is 33.0 Å². The summed E-state index contributed by atoms with van der Waals surface area (Å²) in [6.07, 6.45) is 2.85. The zero-order valence-corrected chi connectivity index (χ0v) is 14.2. The standard InChI is InChI=1S/C14H15ClIN3O/c1-3-6-17-14-11(16)8-18-13(19-14)9-4-5-12(20-2)10(15)7-9/h4-5,7-8H,3,6H2,1-2H3,(H,17,18,19). The molecule has 0 spiro atoms. The van der Waals surface area contributed by atoms with E-state index in [0.717, 1.165) is 27.9 Å². The van der Waals surface area contributed by atoms with Crippen LogP contribution in [0.2, 0.25) is 5.02 Å². The number of aromatic nitrogens is 2. The maximum Gasteiger partial charge on any atom is 0.161 e. The quantitative estimate of drug-likeness (QED) is 0.759. The van der Waals surface area contributed by atoms with Crippen LogP contribution in [0.15, 0.2) is 24.4 Å². The van der Waals surface area contributed by atoms with E-state index in [1.165, 1.54) is 0 Å². The molecule has 20 heavy (non-hydrogen) atoms. The van der Waals surface area contributed by atoms with Crippen molar-refractivity contribution in [2.75, 3.05) is 19.0 Å². The van der Waals surface area contributed by atoms with Crippen molar-refractivity contribution < 1.29 is 4.74 Å². The van der Waals surface area contributed by atoms with Crippen LogP contribution < -0.4 is 10.1 Å². The smallest absolute Gasteiger partial charge is 0.161 e. The SMILES string of the molecule is CCCNc1nc(-c2ccc(OC)c(Cl)c2)ncc1I. The highest BCUT2D eigenvalue weighted by molar-refractivity contribution is 14.1. The largest absolute Gasteiger partial charge is 0.495 e. The second-order valence-corrected chi connectivity index (χ2v) is 5.74. The van der Waals surface area contributed by atoms with E-state index in [-0.39, 0.29) is 0 Å². The van der Waals surface area contributed by atoms with Gasteiger partial charge in [-0.3, -0.25) is 0 Å². The van der Waals surface area contributed by atoms with Gasteiger partial charge in [0, 0.05) is 18.3 Å². The molecule has 1 N–H and O–H groups in total. The van der Waals surface area contributed by atoms with E-state index < -0.39 is 0 Å². The highest BCUT2D eigenvalue weighted by Gasteiger charge is 2.09. The number of methoxy groups -OCH3 is 1. The molecule has 1 aromatic heterocycles. The molecule has 2 rings (SSSR count). The minimum atomic E-state index is 0.551. The Labute approximate surface area is 137 Å². The Morgan fingerprint density at radius 1 is 1.40 bits per heavy atom. The summed E-state index contributed by atoms with van der Waals surface area (Å²) >= 11 is 8.36. The van der Waals surface area contributed by atoms with Crippen LogP contribution in [0.3, 0.4) is 0 Å². The summed E-state index contributed by atoms with van der Waals surface area (Å²) in [4.78, 5) is 8.90. The first kappa shape index (κ1) is 15.3. The predicted molar refractivity (Wildman–Crippen MR) is 90.5 cm³/mol. The highest BCUT2D eigenvalue weighted by atomic mass is 127. The number of nitrogens with one attached hydrogen (secondary N) is 1. The molecule has 106 valence electrons. The maximum absolute atomic E-state index is 6.14. The number of hydrogen-bond acceptors (Lipinski definition) is 4. The molecule has 0 aliphatic heterocycles. The lowest BCUT2D eigenvalue weighted by molar-refractivity contribution is 0.415. The average Bonchev–Trinajstić information content (AvgIpc) is 2.46. The van der Waals surface area contributed by atoms with Gasteiger partial charge in [-0.25, -0.2) is 9.97 Å². The molecule has 0 amide bonds. The van der Waals surface area contributed by atoms with Crippen LogP contribution in [0.5, 0.6) is 5.75 Å². The van der Waals surface area contributed by atoms with Crippen molar-refractivity contribution in [1.29, 1.82) is 0 Å². The first-order valence-corrected chi connectivity index (χ1v) is 7.71. The number of anilines is 1. The van der Waals surface area contributed by atoms with Gasteiger partial charge in [0.25, 0.3) is 0 Å². The Kier molecular flexibility index (Phi) is 5.42. The lowest BCUT2D eigenvalue weighted by atomic mass is 10.2. The van der Waals surface area contributed by atoms with Crippen molar-refractivity contribution in [2.24, 2.45) is 0 Å². The van der Waals surface area contributed by atoms with Crippen LogP contribution in [0.1, 0.15) is 13.3 Å². The third kappa shape index (κ3) is 3.52. The van der Waals surface area contributed by atoms with Crippen molar-refractivity contribution in [3.63, 3.8) is 0 Å². The highest BCUT2D eigenvalue weighted by Crippen LogP contribution is 2.29. The summed E-state index contributed by atoms with van der Waals surface area (Å²) < 4.78 is 6.14. The molecule has 0 fully saturated rings. The lowest BCUT2D eigenvalue weighted by Crippen LogP contribution is -2.05. The molecule has 1 aromatic carbocycles. The summed E-state index contributed by atoms with van der Waals surface area (Å²) in [7, 11) is 1.59. The first-order valence-electron chi connectivity index (χ1n) is 6.26. The molecule has 0 aliphatic rings. The fraction of sp³-hybridized carbons (Fsp3) is 0.286. The minimum Gasteiger partial charge on any atom is -0.495 e. The molecule has 0 aliphatic carbocycles. The van der Waals surface area contributed by atoms with E-state index in [1.54, 1.807) is 13.3 Å². The molecule has 0 radical (unpaired) electrons. The van der Waals surface area contributed by atoms with E-state index in [0.29, 0.717) is 16.6 Å². The third-order valence-electron chi connectivity index (χ3n) is 2.70. The van der Waals surface area contributed by atoms with Gasteiger partial charge in [0.05, 0.1) is 15.7 Å². The van der Waals surface area contributed by atoms with E-state index in [1.807, 2.05) is 18.2 Å². The fourth-order valence-electron chi connectivity index (χ4n) is 1.68. The summed E-state index contributed by atoms with van der Waals surface area (Å²) in [5, 5.41) is 3.84. The Bertz CT molecular complexity index is 607. The fourth-order valence-corrected chi connectivity index (χ4v) is 2.39. The van der Waals surface area contributed by atoms with E-state index in [4.69, 9.17) is 16.3 Å². The van der Waals surface area contributed by atoms with Gasteiger partial charge >= 0.3 is 0 Å². The summed E-state index contributed by atoms with van der Waals surface area (Å²) in [6, 6.07) is 5.53.